The topological polar surface area (TPSA) is 97.0 Å². The van der Waals surface area contributed by atoms with E-state index in [1.807, 2.05) is 6.07 Å². The van der Waals surface area contributed by atoms with Gasteiger partial charge in [0.1, 0.15) is 12.1 Å². The quantitative estimate of drug-likeness (QED) is 0.644. The lowest BCUT2D eigenvalue weighted by molar-refractivity contribution is -0.133. The number of carbonyl (C=O) groups is 3. The first-order chi connectivity index (χ1) is 13.8. The van der Waals surface area contributed by atoms with Crippen LogP contribution in [0.5, 0.6) is 11.5 Å². The van der Waals surface area contributed by atoms with Gasteiger partial charge in [-0.05, 0) is 36.8 Å². The highest BCUT2D eigenvalue weighted by atomic mass is 79.9. The molecule has 29 heavy (non-hydrogen) atoms. The molecule has 3 rings (SSSR count). The maximum Gasteiger partial charge on any atom is 0.325 e. The summed E-state index contributed by atoms with van der Waals surface area (Å²) >= 11 is 3.36. The number of nitrogens with one attached hydrogen (secondary N) is 2. The van der Waals surface area contributed by atoms with E-state index in [0.29, 0.717) is 22.7 Å². The molecule has 1 fully saturated rings. The molecule has 1 heterocycles. The van der Waals surface area contributed by atoms with Gasteiger partial charge in [0.05, 0.1) is 14.2 Å². The second-order valence-corrected chi connectivity index (χ2v) is 7.49. The molecule has 1 aliphatic heterocycles. The Balaban J connectivity index is 1.74. The van der Waals surface area contributed by atoms with Crippen LogP contribution in [0.1, 0.15) is 12.5 Å². The summed E-state index contributed by atoms with van der Waals surface area (Å²) in [6.45, 7) is 1.20. The predicted molar refractivity (Wildman–Crippen MR) is 110 cm³/mol. The van der Waals surface area contributed by atoms with Gasteiger partial charge in [0, 0.05) is 16.2 Å². The molecule has 2 aromatic rings. The Kier molecular flexibility index (Phi) is 5.78. The number of hydrogen-bond acceptors (Lipinski definition) is 5. The summed E-state index contributed by atoms with van der Waals surface area (Å²) in [5, 5.41) is 5.33. The highest BCUT2D eigenvalue weighted by Crippen LogP contribution is 2.31. The van der Waals surface area contributed by atoms with Gasteiger partial charge in [-0.3, -0.25) is 14.5 Å². The van der Waals surface area contributed by atoms with Gasteiger partial charge in [-0.25, -0.2) is 4.79 Å². The maximum atomic E-state index is 12.9. The van der Waals surface area contributed by atoms with Crippen molar-refractivity contribution >= 4 is 39.5 Å². The molecule has 1 aliphatic rings. The number of ether oxygens (including phenoxy) is 2. The summed E-state index contributed by atoms with van der Waals surface area (Å²) in [5.41, 5.74) is -0.174. The average Bonchev–Trinajstić information content (AvgIpc) is 2.92. The molecule has 0 radical (unpaired) electrons. The van der Waals surface area contributed by atoms with Gasteiger partial charge in [0.15, 0.2) is 11.5 Å². The molecule has 0 aliphatic carbocycles. The van der Waals surface area contributed by atoms with E-state index >= 15 is 0 Å². The maximum absolute atomic E-state index is 12.9. The first kappa shape index (κ1) is 20.7. The third kappa shape index (κ3) is 4.04. The van der Waals surface area contributed by atoms with E-state index in [4.69, 9.17) is 9.47 Å². The SMILES string of the molecule is COc1ccc(NC(=O)CN2C(=O)N[C@@](C)(c3cccc(Br)c3)C2=O)cc1OC. The summed E-state index contributed by atoms with van der Waals surface area (Å²) in [4.78, 5) is 38.7. The Labute approximate surface area is 176 Å². The lowest BCUT2D eigenvalue weighted by Crippen LogP contribution is -2.42. The molecule has 0 spiro atoms. The number of rotatable bonds is 6. The zero-order chi connectivity index (χ0) is 21.2. The van der Waals surface area contributed by atoms with E-state index in [1.165, 1.54) is 14.2 Å². The van der Waals surface area contributed by atoms with Crippen molar-refractivity contribution in [3.8, 4) is 11.5 Å². The second-order valence-electron chi connectivity index (χ2n) is 6.57. The second kappa shape index (κ2) is 8.12. The molecule has 0 unspecified atom stereocenters. The number of urea groups is 1. The van der Waals surface area contributed by atoms with Gasteiger partial charge < -0.3 is 20.1 Å². The highest BCUT2D eigenvalue weighted by Gasteiger charge is 2.49. The fourth-order valence-corrected chi connectivity index (χ4v) is 3.49. The standard InChI is InChI=1S/C20H20BrN3O5/c1-20(12-5-4-6-13(21)9-12)18(26)24(19(27)23-20)11-17(25)22-14-7-8-15(28-2)16(10-14)29-3/h4-10H,11H2,1-3H3,(H,22,25)(H,23,27)/t20-/m0/s1. The van der Waals surface area contributed by atoms with Gasteiger partial charge in [-0.2, -0.15) is 0 Å². The van der Waals surface area contributed by atoms with Crippen LogP contribution in [-0.4, -0.2) is 43.5 Å². The highest BCUT2D eigenvalue weighted by molar-refractivity contribution is 9.10. The van der Waals surface area contributed by atoms with Crippen LogP contribution in [0, 0.1) is 0 Å². The van der Waals surface area contributed by atoms with Crippen molar-refractivity contribution in [2.75, 3.05) is 26.1 Å². The van der Waals surface area contributed by atoms with E-state index in [2.05, 4.69) is 26.6 Å². The molecule has 152 valence electrons. The van der Waals surface area contributed by atoms with E-state index in [1.54, 1.807) is 43.3 Å². The van der Waals surface area contributed by atoms with Crippen LogP contribution in [0.3, 0.4) is 0 Å². The third-order valence-electron chi connectivity index (χ3n) is 4.65. The average molecular weight is 462 g/mol. The Hall–Kier alpha value is -3.07. The minimum Gasteiger partial charge on any atom is -0.493 e. The monoisotopic (exact) mass is 461 g/mol. The van der Waals surface area contributed by atoms with Crippen molar-refractivity contribution in [3.05, 3.63) is 52.5 Å². The molecule has 2 N–H and O–H groups in total. The fourth-order valence-electron chi connectivity index (χ4n) is 3.09. The van der Waals surface area contributed by atoms with E-state index < -0.39 is 29.9 Å². The number of halogens is 1. The van der Waals surface area contributed by atoms with Gasteiger partial charge in [0.25, 0.3) is 5.91 Å². The largest absolute Gasteiger partial charge is 0.493 e. The molecule has 1 atom stereocenters. The summed E-state index contributed by atoms with van der Waals surface area (Å²) in [6.07, 6.45) is 0. The zero-order valence-electron chi connectivity index (χ0n) is 16.1. The molecular formula is C20H20BrN3O5. The fraction of sp³-hybridized carbons (Fsp3) is 0.250. The molecule has 2 aromatic carbocycles. The van der Waals surface area contributed by atoms with Crippen molar-refractivity contribution in [3.63, 3.8) is 0 Å². The molecule has 4 amide bonds. The Morgan fingerprint density at radius 1 is 1.14 bits per heavy atom. The van der Waals surface area contributed by atoms with Crippen LogP contribution < -0.4 is 20.1 Å². The number of amides is 4. The van der Waals surface area contributed by atoms with Crippen LogP contribution in [0.4, 0.5) is 10.5 Å². The Bertz CT molecular complexity index is 980. The number of anilines is 1. The molecule has 9 heteroatoms. The number of imide groups is 1. The van der Waals surface area contributed by atoms with E-state index in [0.717, 1.165) is 9.37 Å². The summed E-state index contributed by atoms with van der Waals surface area (Å²) in [5.74, 6) is -0.0471. The molecule has 1 saturated heterocycles. The predicted octanol–water partition coefficient (Wildman–Crippen LogP) is 2.87. The molecule has 0 aromatic heterocycles. The van der Waals surface area contributed by atoms with Crippen molar-refractivity contribution in [1.29, 1.82) is 0 Å². The van der Waals surface area contributed by atoms with Crippen LogP contribution in [0.15, 0.2) is 46.9 Å². The van der Waals surface area contributed by atoms with Crippen molar-refractivity contribution in [2.45, 2.75) is 12.5 Å². The van der Waals surface area contributed by atoms with E-state index in [9.17, 15) is 14.4 Å². The summed E-state index contributed by atoms with van der Waals surface area (Å²) in [6, 6.07) is 11.3. The molecular weight excluding hydrogens is 442 g/mol. The number of nitrogens with zero attached hydrogens (tertiary/aromatic N) is 1. The van der Waals surface area contributed by atoms with Gasteiger partial charge >= 0.3 is 6.03 Å². The zero-order valence-corrected chi connectivity index (χ0v) is 17.7. The number of carbonyl (C=O) groups excluding carboxylic acids is 3. The summed E-state index contributed by atoms with van der Waals surface area (Å²) in [7, 11) is 3.00. The van der Waals surface area contributed by atoms with Crippen molar-refractivity contribution in [2.24, 2.45) is 0 Å². The van der Waals surface area contributed by atoms with Crippen LogP contribution in [-0.2, 0) is 15.1 Å². The summed E-state index contributed by atoms with van der Waals surface area (Å²) < 4.78 is 11.1. The van der Waals surface area contributed by atoms with Crippen LogP contribution >= 0.6 is 15.9 Å². The first-order valence-corrected chi connectivity index (χ1v) is 9.50. The van der Waals surface area contributed by atoms with Gasteiger partial charge in [-0.1, -0.05) is 28.1 Å². The minimum absolute atomic E-state index is 0.414. The Morgan fingerprint density at radius 2 is 1.86 bits per heavy atom. The van der Waals surface area contributed by atoms with E-state index in [-0.39, 0.29) is 0 Å². The van der Waals surface area contributed by atoms with Crippen molar-refractivity contribution in [1.82, 2.24) is 10.2 Å². The van der Waals surface area contributed by atoms with Gasteiger partial charge in [0.2, 0.25) is 5.91 Å². The van der Waals surface area contributed by atoms with Gasteiger partial charge in [-0.15, -0.1) is 0 Å². The minimum atomic E-state index is -1.25. The lowest BCUT2D eigenvalue weighted by atomic mass is 9.92. The number of benzene rings is 2. The Morgan fingerprint density at radius 3 is 2.52 bits per heavy atom. The molecule has 0 saturated carbocycles. The smallest absolute Gasteiger partial charge is 0.325 e. The van der Waals surface area contributed by atoms with Crippen LogP contribution in [0.25, 0.3) is 0 Å². The van der Waals surface area contributed by atoms with Crippen LogP contribution in [0.2, 0.25) is 0 Å². The normalized spacial score (nSPS) is 18.4. The lowest BCUT2D eigenvalue weighted by Gasteiger charge is -2.22. The first-order valence-electron chi connectivity index (χ1n) is 8.70. The number of hydrogen-bond donors (Lipinski definition) is 2. The molecule has 8 nitrogen and oxygen atoms in total. The number of methoxy groups -OCH3 is 2. The molecule has 0 bridgehead atoms. The van der Waals surface area contributed by atoms with Crippen molar-refractivity contribution < 1.29 is 23.9 Å². The third-order valence-corrected chi connectivity index (χ3v) is 5.14.